The first kappa shape index (κ1) is 18.8. The quantitative estimate of drug-likeness (QED) is 0.785. The molecule has 1 N–H and O–H groups in total. The van der Waals surface area contributed by atoms with Crippen molar-refractivity contribution >= 4 is 23.4 Å². The Morgan fingerprint density at radius 3 is 2.30 bits per heavy atom. The van der Waals surface area contributed by atoms with E-state index in [1.54, 1.807) is 24.3 Å². The van der Waals surface area contributed by atoms with Gasteiger partial charge in [-0.25, -0.2) is 0 Å². The van der Waals surface area contributed by atoms with E-state index < -0.39 is 0 Å². The fourth-order valence-corrected chi connectivity index (χ4v) is 3.20. The number of benzene rings is 2. The lowest BCUT2D eigenvalue weighted by molar-refractivity contribution is -0.139. The molecule has 2 aromatic carbocycles. The maximum atomic E-state index is 12.6. The third-order valence-corrected chi connectivity index (χ3v) is 5.06. The molecule has 0 unspecified atom stereocenters. The minimum atomic E-state index is -0.175. The van der Waals surface area contributed by atoms with E-state index in [9.17, 15) is 14.4 Å². The zero-order valence-corrected chi connectivity index (χ0v) is 15.7. The van der Waals surface area contributed by atoms with Crippen LogP contribution in [-0.2, 0) is 16.1 Å². The van der Waals surface area contributed by atoms with Crippen LogP contribution in [-0.4, -0.2) is 22.6 Å². The second kappa shape index (κ2) is 8.16. The molecule has 0 saturated carbocycles. The molecule has 0 spiro atoms. The Labute approximate surface area is 159 Å². The number of hydrogen-bond acceptors (Lipinski definition) is 3. The van der Waals surface area contributed by atoms with Crippen molar-refractivity contribution < 1.29 is 14.4 Å². The molecule has 1 fully saturated rings. The first-order chi connectivity index (χ1) is 13.0. The number of anilines is 1. The molecule has 1 aliphatic rings. The number of imide groups is 1. The lowest BCUT2D eigenvalue weighted by Gasteiger charge is -2.16. The van der Waals surface area contributed by atoms with Gasteiger partial charge in [-0.05, 0) is 41.7 Å². The normalized spacial score (nSPS) is 15.1. The molecule has 140 valence electrons. The molecule has 3 amide bonds. The van der Waals surface area contributed by atoms with E-state index in [1.165, 1.54) is 4.90 Å². The van der Waals surface area contributed by atoms with E-state index in [4.69, 9.17) is 0 Å². The maximum Gasteiger partial charge on any atom is 0.255 e. The van der Waals surface area contributed by atoms with Crippen LogP contribution in [0.2, 0.25) is 0 Å². The van der Waals surface area contributed by atoms with Crippen molar-refractivity contribution in [3.05, 3.63) is 65.2 Å². The van der Waals surface area contributed by atoms with E-state index >= 15 is 0 Å². The second-order valence-electron chi connectivity index (χ2n) is 6.92. The van der Waals surface area contributed by atoms with Gasteiger partial charge in [0, 0.05) is 24.1 Å². The number of hydrogen-bond donors (Lipinski definition) is 1. The van der Waals surface area contributed by atoms with Crippen LogP contribution in [0.3, 0.4) is 0 Å². The molecule has 0 aliphatic carbocycles. The van der Waals surface area contributed by atoms with Crippen LogP contribution in [0, 0.1) is 0 Å². The number of likely N-dealkylation sites (tertiary alicyclic amines) is 1. The summed E-state index contributed by atoms with van der Waals surface area (Å²) in [6, 6.07) is 14.9. The van der Waals surface area contributed by atoms with E-state index in [-0.39, 0.29) is 37.1 Å². The van der Waals surface area contributed by atoms with Crippen LogP contribution in [0.15, 0.2) is 48.5 Å². The average Bonchev–Trinajstić information content (AvgIpc) is 3.00. The van der Waals surface area contributed by atoms with Gasteiger partial charge in [0.25, 0.3) is 5.91 Å². The molecule has 2 aromatic rings. The highest BCUT2D eigenvalue weighted by Crippen LogP contribution is 2.27. The highest BCUT2D eigenvalue weighted by atomic mass is 16.2. The molecule has 5 nitrogen and oxygen atoms in total. The number of amides is 3. The van der Waals surface area contributed by atoms with Gasteiger partial charge in [-0.1, -0.05) is 44.2 Å². The van der Waals surface area contributed by atoms with Crippen LogP contribution < -0.4 is 5.32 Å². The minimum absolute atomic E-state index is 0.136. The highest BCUT2D eigenvalue weighted by Gasteiger charge is 2.28. The van der Waals surface area contributed by atoms with Gasteiger partial charge in [-0.15, -0.1) is 0 Å². The van der Waals surface area contributed by atoms with Gasteiger partial charge < -0.3 is 5.32 Å². The van der Waals surface area contributed by atoms with E-state index in [1.807, 2.05) is 24.3 Å². The summed E-state index contributed by atoms with van der Waals surface area (Å²) in [5.41, 5.74) is 3.32. The lowest BCUT2D eigenvalue weighted by atomic mass is 9.96. The number of para-hydroxylation sites is 1. The lowest BCUT2D eigenvalue weighted by Crippen LogP contribution is -2.28. The Bertz CT molecular complexity index is 842. The fraction of sp³-hybridized carbons (Fsp3) is 0.318. The van der Waals surface area contributed by atoms with Crippen molar-refractivity contribution in [1.29, 1.82) is 0 Å². The van der Waals surface area contributed by atoms with E-state index in [0.717, 1.165) is 23.2 Å². The predicted molar refractivity (Wildman–Crippen MR) is 104 cm³/mol. The highest BCUT2D eigenvalue weighted by molar-refractivity contribution is 6.05. The first-order valence-corrected chi connectivity index (χ1v) is 9.32. The Kier molecular flexibility index (Phi) is 5.69. The van der Waals surface area contributed by atoms with Crippen LogP contribution in [0.25, 0.3) is 0 Å². The monoisotopic (exact) mass is 364 g/mol. The molecule has 1 atom stereocenters. The fourth-order valence-electron chi connectivity index (χ4n) is 3.20. The van der Waals surface area contributed by atoms with Crippen molar-refractivity contribution in [2.24, 2.45) is 0 Å². The molecule has 0 radical (unpaired) electrons. The van der Waals surface area contributed by atoms with Crippen molar-refractivity contribution in [2.75, 3.05) is 5.32 Å². The molecule has 1 aliphatic heterocycles. The maximum absolute atomic E-state index is 12.6. The molecule has 1 heterocycles. The zero-order chi connectivity index (χ0) is 19.4. The van der Waals surface area contributed by atoms with Crippen molar-refractivity contribution in [2.45, 2.75) is 45.6 Å². The number of carbonyl (C=O) groups is 3. The summed E-state index contributed by atoms with van der Waals surface area (Å²) in [7, 11) is 0. The summed E-state index contributed by atoms with van der Waals surface area (Å²) in [6.45, 7) is 4.52. The Hall–Kier alpha value is -2.95. The largest absolute Gasteiger partial charge is 0.322 e. The number of nitrogens with zero attached hydrogens (tertiary/aromatic N) is 1. The van der Waals surface area contributed by atoms with Crippen molar-refractivity contribution in [3.63, 3.8) is 0 Å². The summed E-state index contributed by atoms with van der Waals surface area (Å²) in [4.78, 5) is 37.3. The molecule has 1 saturated heterocycles. The standard InChI is InChI=1S/C22H24N2O3/c1-3-15(2)18-6-4-5-7-19(18)23-22(27)17-10-8-16(9-11-17)14-24-20(25)12-13-21(24)26/h4-11,15H,3,12-14H2,1-2H3,(H,23,27)/t15-/m1/s1. The van der Waals surface area contributed by atoms with Gasteiger partial charge in [-0.3, -0.25) is 19.3 Å². The summed E-state index contributed by atoms with van der Waals surface area (Å²) in [5, 5.41) is 2.99. The topological polar surface area (TPSA) is 66.5 Å². The van der Waals surface area contributed by atoms with Gasteiger partial charge in [-0.2, -0.15) is 0 Å². The molecular weight excluding hydrogens is 340 g/mol. The smallest absolute Gasteiger partial charge is 0.255 e. The first-order valence-electron chi connectivity index (χ1n) is 9.32. The van der Waals surface area contributed by atoms with Crippen LogP contribution >= 0.6 is 0 Å². The van der Waals surface area contributed by atoms with E-state index in [0.29, 0.717) is 11.5 Å². The summed E-state index contributed by atoms with van der Waals surface area (Å²) in [5.74, 6) is -0.0861. The second-order valence-corrected chi connectivity index (χ2v) is 6.92. The van der Waals surface area contributed by atoms with Crippen molar-refractivity contribution in [1.82, 2.24) is 4.90 Å². The molecule has 27 heavy (non-hydrogen) atoms. The average molecular weight is 364 g/mol. The van der Waals surface area contributed by atoms with Crippen LogP contribution in [0.4, 0.5) is 5.69 Å². The molecule has 0 bridgehead atoms. The molecule has 0 aromatic heterocycles. The summed E-state index contributed by atoms with van der Waals surface area (Å²) >= 11 is 0. The Balaban J connectivity index is 1.70. The number of carbonyl (C=O) groups excluding carboxylic acids is 3. The van der Waals surface area contributed by atoms with Gasteiger partial charge >= 0.3 is 0 Å². The minimum Gasteiger partial charge on any atom is -0.322 e. The predicted octanol–water partition coefficient (Wildman–Crippen LogP) is 4.10. The van der Waals surface area contributed by atoms with E-state index in [2.05, 4.69) is 19.2 Å². The van der Waals surface area contributed by atoms with Gasteiger partial charge in [0.1, 0.15) is 0 Å². The van der Waals surface area contributed by atoms with Gasteiger partial charge in [0.2, 0.25) is 11.8 Å². The summed E-state index contributed by atoms with van der Waals surface area (Å²) < 4.78 is 0. The third kappa shape index (κ3) is 4.25. The molecule has 5 heteroatoms. The van der Waals surface area contributed by atoms with Gasteiger partial charge in [0.05, 0.1) is 6.54 Å². The van der Waals surface area contributed by atoms with Crippen LogP contribution in [0.1, 0.15) is 60.5 Å². The van der Waals surface area contributed by atoms with Gasteiger partial charge in [0.15, 0.2) is 0 Å². The third-order valence-electron chi connectivity index (χ3n) is 5.06. The zero-order valence-electron chi connectivity index (χ0n) is 15.7. The number of rotatable bonds is 6. The number of nitrogens with one attached hydrogen (secondary N) is 1. The summed E-state index contributed by atoms with van der Waals surface area (Å²) in [6.07, 6.45) is 1.57. The molecule has 3 rings (SSSR count). The molecular formula is C22H24N2O3. The van der Waals surface area contributed by atoms with Crippen molar-refractivity contribution in [3.8, 4) is 0 Å². The van der Waals surface area contributed by atoms with Crippen LogP contribution in [0.5, 0.6) is 0 Å². The Morgan fingerprint density at radius 2 is 1.67 bits per heavy atom. The SMILES string of the molecule is CC[C@@H](C)c1ccccc1NC(=O)c1ccc(CN2C(=O)CCC2=O)cc1. The Morgan fingerprint density at radius 1 is 1.04 bits per heavy atom.